The number of hydrogen-bond donors (Lipinski definition) is 0. The number of hydrogen-bond acceptors (Lipinski definition) is 5. The zero-order valence-corrected chi connectivity index (χ0v) is 13.4. The molecule has 0 bridgehead atoms. The first kappa shape index (κ1) is 16.0. The quantitative estimate of drug-likeness (QED) is 0.756. The maximum atomic E-state index is 9.37. The summed E-state index contributed by atoms with van der Waals surface area (Å²) in [7, 11) is 4.76. The number of methoxy groups -OCH3 is 3. The third kappa shape index (κ3) is 3.64. The Morgan fingerprint density at radius 3 is 2.18 bits per heavy atom. The van der Waals surface area contributed by atoms with Crippen molar-refractivity contribution in [3.63, 3.8) is 0 Å². The normalized spacial score (nSPS) is 14.6. The number of benzene rings is 1. The lowest BCUT2D eigenvalue weighted by atomic mass is 10.1. The number of likely N-dealkylation sites (tertiary alicyclic amines) is 1. The fourth-order valence-corrected chi connectivity index (χ4v) is 2.66. The van der Waals surface area contributed by atoms with Crippen LogP contribution in [0.4, 0.5) is 0 Å². The largest absolute Gasteiger partial charge is 0.493 e. The summed E-state index contributed by atoms with van der Waals surface area (Å²) in [6, 6.07) is 6.06. The molecule has 1 aliphatic rings. The van der Waals surface area contributed by atoms with Gasteiger partial charge in [-0.3, -0.25) is 0 Å². The van der Waals surface area contributed by atoms with Gasteiger partial charge in [0.2, 0.25) is 5.75 Å². The van der Waals surface area contributed by atoms with Crippen LogP contribution >= 0.6 is 0 Å². The zero-order chi connectivity index (χ0) is 15.9. The molecule has 0 spiro atoms. The fourth-order valence-electron chi connectivity index (χ4n) is 2.66. The Morgan fingerprint density at radius 1 is 1.14 bits per heavy atom. The lowest BCUT2D eigenvalue weighted by Crippen LogP contribution is -2.12. The molecule has 0 radical (unpaired) electrons. The van der Waals surface area contributed by atoms with Crippen molar-refractivity contribution in [2.75, 3.05) is 34.4 Å². The molecule has 1 aliphatic heterocycles. The van der Waals surface area contributed by atoms with E-state index in [1.54, 1.807) is 21.3 Å². The van der Waals surface area contributed by atoms with E-state index in [0.717, 1.165) is 24.2 Å². The van der Waals surface area contributed by atoms with E-state index < -0.39 is 0 Å². The van der Waals surface area contributed by atoms with Crippen LogP contribution in [-0.2, 0) is 6.42 Å². The molecule has 0 atom stereocenters. The molecule has 2 rings (SSSR count). The lowest BCUT2D eigenvalue weighted by molar-refractivity contribution is 0.324. The van der Waals surface area contributed by atoms with Crippen molar-refractivity contribution in [3.8, 4) is 23.3 Å². The van der Waals surface area contributed by atoms with Gasteiger partial charge >= 0.3 is 0 Å². The molecule has 1 aromatic rings. The van der Waals surface area contributed by atoms with Crippen LogP contribution in [0, 0.1) is 11.3 Å². The van der Waals surface area contributed by atoms with Crippen molar-refractivity contribution in [3.05, 3.63) is 29.5 Å². The summed E-state index contributed by atoms with van der Waals surface area (Å²) in [6.07, 6.45) is 4.90. The first-order valence-corrected chi connectivity index (χ1v) is 7.35. The van der Waals surface area contributed by atoms with Gasteiger partial charge in [-0.25, -0.2) is 0 Å². The van der Waals surface area contributed by atoms with Gasteiger partial charge in [-0.1, -0.05) is 0 Å². The molecule has 1 fully saturated rings. The SMILES string of the molecule is COc1cc(CC(C#N)=CN2CCCC2)cc(OC)c1OC. The summed E-state index contributed by atoms with van der Waals surface area (Å²) < 4.78 is 16.0. The van der Waals surface area contributed by atoms with Crippen molar-refractivity contribution in [1.82, 2.24) is 4.90 Å². The Kier molecular flexibility index (Phi) is 5.54. The van der Waals surface area contributed by atoms with E-state index in [-0.39, 0.29) is 0 Å². The number of nitrogens with zero attached hydrogens (tertiary/aromatic N) is 2. The second-order valence-corrected chi connectivity index (χ2v) is 5.22. The third-order valence-corrected chi connectivity index (χ3v) is 3.74. The molecule has 118 valence electrons. The molecule has 0 saturated carbocycles. The van der Waals surface area contributed by atoms with Crippen LogP contribution in [0.25, 0.3) is 0 Å². The minimum Gasteiger partial charge on any atom is -0.493 e. The molecule has 0 aromatic heterocycles. The molecule has 1 heterocycles. The second kappa shape index (κ2) is 7.60. The Morgan fingerprint density at radius 2 is 1.73 bits per heavy atom. The zero-order valence-electron chi connectivity index (χ0n) is 13.4. The van der Waals surface area contributed by atoms with Gasteiger partial charge < -0.3 is 19.1 Å². The summed E-state index contributed by atoms with van der Waals surface area (Å²) in [6.45, 7) is 2.06. The standard InChI is InChI=1S/C17H22N2O3/c1-20-15-9-13(10-16(21-2)17(15)22-3)8-14(11-18)12-19-6-4-5-7-19/h9-10,12H,4-8H2,1-3H3. The summed E-state index contributed by atoms with van der Waals surface area (Å²) in [4.78, 5) is 2.20. The number of rotatable bonds is 6. The topological polar surface area (TPSA) is 54.7 Å². The van der Waals surface area contributed by atoms with E-state index in [9.17, 15) is 5.26 Å². The molecule has 0 amide bonds. The maximum absolute atomic E-state index is 9.37. The first-order chi connectivity index (χ1) is 10.7. The minimum atomic E-state index is 0.545. The van der Waals surface area contributed by atoms with Crippen molar-refractivity contribution in [2.24, 2.45) is 0 Å². The van der Waals surface area contributed by atoms with Crippen LogP contribution < -0.4 is 14.2 Å². The van der Waals surface area contributed by atoms with Gasteiger partial charge in [0.1, 0.15) is 0 Å². The van der Waals surface area contributed by atoms with E-state index in [0.29, 0.717) is 23.7 Å². The smallest absolute Gasteiger partial charge is 0.203 e. The summed E-state index contributed by atoms with van der Waals surface area (Å²) in [5.41, 5.74) is 1.69. The molecule has 22 heavy (non-hydrogen) atoms. The van der Waals surface area contributed by atoms with Crippen LogP contribution in [0.1, 0.15) is 18.4 Å². The summed E-state index contributed by atoms with van der Waals surface area (Å²) in [5, 5.41) is 9.37. The van der Waals surface area contributed by atoms with Crippen molar-refractivity contribution in [1.29, 1.82) is 5.26 Å². The van der Waals surface area contributed by atoms with E-state index >= 15 is 0 Å². The van der Waals surface area contributed by atoms with Crippen LogP contribution in [0.5, 0.6) is 17.2 Å². The average Bonchev–Trinajstić information content (AvgIpc) is 3.06. The van der Waals surface area contributed by atoms with E-state index in [2.05, 4.69) is 11.0 Å². The van der Waals surface area contributed by atoms with Crippen LogP contribution in [0.2, 0.25) is 0 Å². The van der Waals surface area contributed by atoms with Gasteiger partial charge in [0.05, 0.1) is 27.4 Å². The van der Waals surface area contributed by atoms with Crippen molar-refractivity contribution in [2.45, 2.75) is 19.3 Å². The average molecular weight is 302 g/mol. The molecule has 5 nitrogen and oxygen atoms in total. The van der Waals surface area contributed by atoms with E-state index in [1.165, 1.54) is 12.8 Å². The Balaban J connectivity index is 2.26. The Bertz CT molecular complexity index is 559. The van der Waals surface area contributed by atoms with Crippen LogP contribution in [-0.4, -0.2) is 39.3 Å². The fraction of sp³-hybridized carbons (Fsp3) is 0.471. The molecular weight excluding hydrogens is 280 g/mol. The summed E-state index contributed by atoms with van der Waals surface area (Å²) in [5.74, 6) is 1.78. The molecule has 1 saturated heterocycles. The van der Waals surface area contributed by atoms with Crippen LogP contribution in [0.3, 0.4) is 0 Å². The molecule has 1 aromatic carbocycles. The van der Waals surface area contributed by atoms with Crippen molar-refractivity contribution < 1.29 is 14.2 Å². The molecule has 0 unspecified atom stereocenters. The highest BCUT2D eigenvalue weighted by atomic mass is 16.5. The number of allylic oxidation sites excluding steroid dienone is 1. The highest BCUT2D eigenvalue weighted by Crippen LogP contribution is 2.38. The Labute approximate surface area is 131 Å². The molecular formula is C17H22N2O3. The van der Waals surface area contributed by atoms with Gasteiger partial charge in [-0.05, 0) is 30.5 Å². The highest BCUT2D eigenvalue weighted by molar-refractivity contribution is 5.54. The van der Waals surface area contributed by atoms with E-state index in [1.807, 2.05) is 18.3 Å². The monoisotopic (exact) mass is 302 g/mol. The lowest BCUT2D eigenvalue weighted by Gasteiger charge is -2.15. The summed E-state index contributed by atoms with van der Waals surface area (Å²) >= 11 is 0. The molecule has 0 N–H and O–H groups in total. The van der Waals surface area contributed by atoms with Crippen LogP contribution in [0.15, 0.2) is 23.9 Å². The Hall–Kier alpha value is -2.35. The van der Waals surface area contributed by atoms with Gasteiger partial charge in [0.15, 0.2) is 11.5 Å². The predicted octanol–water partition coefficient (Wildman–Crippen LogP) is 2.76. The predicted molar refractivity (Wildman–Crippen MR) is 84.3 cm³/mol. The number of ether oxygens (including phenoxy) is 3. The molecule has 5 heteroatoms. The first-order valence-electron chi connectivity index (χ1n) is 7.35. The highest BCUT2D eigenvalue weighted by Gasteiger charge is 2.15. The van der Waals surface area contributed by atoms with Gasteiger partial charge in [-0.15, -0.1) is 0 Å². The van der Waals surface area contributed by atoms with Gasteiger partial charge in [-0.2, -0.15) is 5.26 Å². The van der Waals surface area contributed by atoms with Gasteiger partial charge in [0, 0.05) is 31.3 Å². The second-order valence-electron chi connectivity index (χ2n) is 5.22. The maximum Gasteiger partial charge on any atom is 0.203 e. The third-order valence-electron chi connectivity index (χ3n) is 3.74. The minimum absolute atomic E-state index is 0.545. The van der Waals surface area contributed by atoms with E-state index in [4.69, 9.17) is 14.2 Å². The van der Waals surface area contributed by atoms with Crippen molar-refractivity contribution >= 4 is 0 Å². The molecule has 0 aliphatic carbocycles. The number of nitriles is 1. The van der Waals surface area contributed by atoms with Gasteiger partial charge in [0.25, 0.3) is 0 Å².